The summed E-state index contributed by atoms with van der Waals surface area (Å²) >= 11 is 12.9. The number of nitro groups is 1. The Morgan fingerprint density at radius 1 is 1.56 bits per heavy atom. The van der Waals surface area contributed by atoms with E-state index in [-0.39, 0.29) is 26.6 Å². The molecule has 0 heterocycles. The monoisotopic (exact) mass is 304 g/mol. The minimum atomic E-state index is -0.603. The summed E-state index contributed by atoms with van der Waals surface area (Å²) < 4.78 is 0. The lowest BCUT2D eigenvalue weighted by atomic mass is 10.3. The Morgan fingerprint density at radius 3 is 2.50 bits per heavy atom. The summed E-state index contributed by atoms with van der Waals surface area (Å²) in [5.41, 5.74) is -0.0427. The first-order chi connectivity index (χ1) is 8.49. The van der Waals surface area contributed by atoms with E-state index >= 15 is 0 Å². The molecule has 0 fully saturated rings. The van der Waals surface area contributed by atoms with Gasteiger partial charge in [0.2, 0.25) is 0 Å². The van der Waals surface area contributed by atoms with Crippen LogP contribution in [0.2, 0.25) is 10.0 Å². The highest BCUT2D eigenvalue weighted by molar-refractivity contribution is 8.13. The number of hydrogen-bond acceptors (Lipinski definition) is 5. The molecule has 1 aromatic rings. The van der Waals surface area contributed by atoms with Crippen LogP contribution in [0.3, 0.4) is 0 Å². The maximum atomic E-state index is 10.6. The zero-order valence-electron chi connectivity index (χ0n) is 8.98. The summed E-state index contributed by atoms with van der Waals surface area (Å²) in [4.78, 5) is 14.0. The van der Waals surface area contributed by atoms with Crippen LogP contribution in [0.4, 0.5) is 11.4 Å². The minimum Gasteiger partial charge on any atom is -0.271 e. The lowest BCUT2D eigenvalue weighted by Crippen LogP contribution is -2.12. The maximum absolute atomic E-state index is 10.6. The summed E-state index contributed by atoms with van der Waals surface area (Å²) in [6, 6.07) is 2.30. The summed E-state index contributed by atoms with van der Waals surface area (Å²) in [5.74, 6) is 0. The molecule has 6 nitrogen and oxygen atoms in total. The number of nitriles is 1. The van der Waals surface area contributed by atoms with E-state index < -0.39 is 4.92 Å². The maximum Gasteiger partial charge on any atom is 0.272 e. The largest absolute Gasteiger partial charge is 0.272 e. The molecule has 0 aliphatic rings. The molecule has 0 aliphatic carbocycles. The normalized spacial score (nSPS) is 10.9. The second kappa shape index (κ2) is 6.44. The Labute approximate surface area is 117 Å². The van der Waals surface area contributed by atoms with Crippen molar-refractivity contribution in [2.24, 2.45) is 4.99 Å². The van der Waals surface area contributed by atoms with Gasteiger partial charge in [-0.3, -0.25) is 15.4 Å². The topological polar surface area (TPSA) is 91.3 Å². The van der Waals surface area contributed by atoms with Crippen LogP contribution >= 0.6 is 35.0 Å². The second-order valence-electron chi connectivity index (χ2n) is 2.87. The number of nitro benzene ring substituents is 1. The van der Waals surface area contributed by atoms with Crippen molar-refractivity contribution in [2.45, 2.75) is 0 Å². The van der Waals surface area contributed by atoms with Crippen LogP contribution in [0.1, 0.15) is 0 Å². The molecule has 0 bridgehead atoms. The van der Waals surface area contributed by atoms with Crippen molar-refractivity contribution < 1.29 is 4.92 Å². The van der Waals surface area contributed by atoms with Crippen LogP contribution in [0.15, 0.2) is 17.1 Å². The van der Waals surface area contributed by atoms with Crippen LogP contribution in [0, 0.1) is 21.6 Å². The van der Waals surface area contributed by atoms with Gasteiger partial charge in [0.05, 0.1) is 15.0 Å². The molecular formula is C9H6Cl2N4O2S. The number of benzene rings is 1. The summed E-state index contributed by atoms with van der Waals surface area (Å²) in [7, 11) is 0. The molecule has 1 rings (SSSR count). The number of amidine groups is 1. The van der Waals surface area contributed by atoms with Crippen molar-refractivity contribution in [1.29, 1.82) is 5.26 Å². The Hall–Kier alpha value is -1.49. The molecule has 0 radical (unpaired) electrons. The van der Waals surface area contributed by atoms with Crippen LogP contribution in [-0.2, 0) is 0 Å². The van der Waals surface area contributed by atoms with E-state index in [1.54, 1.807) is 12.4 Å². The number of thioether (sulfide) groups is 1. The van der Waals surface area contributed by atoms with E-state index in [1.807, 2.05) is 0 Å². The Balaban J connectivity index is 3.27. The number of non-ortho nitro benzene ring substituents is 1. The third kappa shape index (κ3) is 3.50. The van der Waals surface area contributed by atoms with Gasteiger partial charge >= 0.3 is 0 Å². The van der Waals surface area contributed by atoms with Gasteiger partial charge in [-0.25, -0.2) is 4.99 Å². The van der Waals surface area contributed by atoms with Crippen molar-refractivity contribution in [3.8, 4) is 6.19 Å². The first kappa shape index (κ1) is 14.6. The van der Waals surface area contributed by atoms with Crippen LogP contribution < -0.4 is 5.32 Å². The number of aliphatic imine (C=N–C) groups is 1. The van der Waals surface area contributed by atoms with E-state index in [9.17, 15) is 10.1 Å². The van der Waals surface area contributed by atoms with Gasteiger partial charge in [0.25, 0.3) is 5.69 Å². The Morgan fingerprint density at radius 2 is 2.11 bits per heavy atom. The number of nitrogens with one attached hydrogen (secondary N) is 1. The highest BCUT2D eigenvalue weighted by Crippen LogP contribution is 2.37. The molecule has 1 N–H and O–H groups in total. The zero-order chi connectivity index (χ0) is 13.7. The number of hydrogen-bond donors (Lipinski definition) is 1. The van der Waals surface area contributed by atoms with E-state index in [1.165, 1.54) is 11.8 Å². The molecule has 0 amide bonds. The summed E-state index contributed by atoms with van der Waals surface area (Å²) in [6.07, 6.45) is 3.42. The fraction of sp³-hybridized carbons (Fsp3) is 0.111. The molecule has 0 aromatic heterocycles. The van der Waals surface area contributed by atoms with Crippen molar-refractivity contribution in [3.05, 3.63) is 32.3 Å². The first-order valence-corrected chi connectivity index (χ1v) is 6.39. The third-order valence-corrected chi connectivity index (χ3v) is 2.94. The van der Waals surface area contributed by atoms with E-state index in [0.717, 1.165) is 12.1 Å². The fourth-order valence-corrected chi connectivity index (χ4v) is 1.93. The van der Waals surface area contributed by atoms with Gasteiger partial charge < -0.3 is 0 Å². The highest BCUT2D eigenvalue weighted by atomic mass is 35.5. The van der Waals surface area contributed by atoms with Crippen molar-refractivity contribution in [1.82, 2.24) is 5.32 Å². The number of nitrogens with zero attached hydrogens (tertiary/aromatic N) is 3. The fourth-order valence-electron chi connectivity index (χ4n) is 1.04. The second-order valence-corrected chi connectivity index (χ2v) is 4.48. The van der Waals surface area contributed by atoms with Gasteiger partial charge in [0.1, 0.15) is 5.69 Å². The zero-order valence-corrected chi connectivity index (χ0v) is 11.3. The number of halogens is 2. The molecule has 0 unspecified atom stereocenters. The van der Waals surface area contributed by atoms with Crippen molar-refractivity contribution in [3.63, 3.8) is 0 Å². The quantitative estimate of drug-likeness (QED) is 0.226. The standard InChI is InChI=1S/C9H6Cl2N4O2S/c1-18-9(13-4-12)14-8-6(10)2-5(15(16)17)3-7(8)11/h2-3H,1H3,(H,13,14). The molecule has 94 valence electrons. The van der Waals surface area contributed by atoms with E-state index in [4.69, 9.17) is 28.5 Å². The molecule has 0 aliphatic heterocycles. The van der Waals surface area contributed by atoms with E-state index in [0.29, 0.717) is 0 Å². The third-order valence-electron chi connectivity index (χ3n) is 1.78. The molecular weight excluding hydrogens is 299 g/mol. The molecule has 18 heavy (non-hydrogen) atoms. The van der Waals surface area contributed by atoms with E-state index in [2.05, 4.69) is 10.3 Å². The lowest BCUT2D eigenvalue weighted by Gasteiger charge is -2.04. The highest BCUT2D eigenvalue weighted by Gasteiger charge is 2.14. The van der Waals surface area contributed by atoms with Gasteiger partial charge in [-0.15, -0.1) is 0 Å². The SMILES string of the molecule is CSC(=Nc1c(Cl)cc([N+](=O)[O-])cc1Cl)NC#N. The van der Waals surface area contributed by atoms with Gasteiger partial charge in [-0.1, -0.05) is 35.0 Å². The van der Waals surface area contributed by atoms with Crippen LogP contribution in [-0.4, -0.2) is 16.3 Å². The Kier molecular flexibility index (Phi) is 5.22. The van der Waals surface area contributed by atoms with Crippen LogP contribution in [0.25, 0.3) is 0 Å². The van der Waals surface area contributed by atoms with Crippen molar-refractivity contribution >= 4 is 51.5 Å². The average Bonchev–Trinajstić information content (AvgIpc) is 2.31. The average molecular weight is 305 g/mol. The molecule has 0 spiro atoms. The molecule has 1 aromatic carbocycles. The summed E-state index contributed by atoms with van der Waals surface area (Å²) in [6.45, 7) is 0. The molecule has 0 atom stereocenters. The van der Waals surface area contributed by atoms with Gasteiger partial charge in [-0.2, -0.15) is 5.26 Å². The van der Waals surface area contributed by atoms with Gasteiger partial charge in [0, 0.05) is 12.1 Å². The molecule has 0 saturated carbocycles. The van der Waals surface area contributed by atoms with Gasteiger partial charge in [0.15, 0.2) is 11.4 Å². The molecule has 0 saturated heterocycles. The molecule has 9 heteroatoms. The van der Waals surface area contributed by atoms with Gasteiger partial charge in [-0.05, 0) is 6.26 Å². The smallest absolute Gasteiger partial charge is 0.271 e. The lowest BCUT2D eigenvalue weighted by molar-refractivity contribution is -0.384. The predicted molar refractivity (Wildman–Crippen MR) is 72.5 cm³/mol. The minimum absolute atomic E-state index is 0.0421. The predicted octanol–water partition coefficient (Wildman–Crippen LogP) is 3.32. The van der Waals surface area contributed by atoms with Crippen LogP contribution in [0.5, 0.6) is 0 Å². The van der Waals surface area contributed by atoms with Crippen molar-refractivity contribution in [2.75, 3.05) is 6.26 Å². The summed E-state index contributed by atoms with van der Waals surface area (Å²) in [5, 5.41) is 21.8. The first-order valence-electron chi connectivity index (χ1n) is 4.40. The Bertz CT molecular complexity index is 533. The number of rotatable bonds is 2.